The SMILES string of the molecule is CCOC(=O)c1c(C)nc(-c2ccccc2)nc1SCC(=O)Nc1ccc(C(C)=O)cc1. The van der Waals surface area contributed by atoms with Crippen molar-refractivity contribution in [2.24, 2.45) is 0 Å². The van der Waals surface area contributed by atoms with Gasteiger partial charge < -0.3 is 10.1 Å². The summed E-state index contributed by atoms with van der Waals surface area (Å²) in [6, 6.07) is 16.1. The molecule has 3 rings (SSSR count). The zero-order valence-electron chi connectivity index (χ0n) is 18.0. The van der Waals surface area contributed by atoms with E-state index in [0.717, 1.165) is 17.3 Å². The Morgan fingerprint density at radius 2 is 1.69 bits per heavy atom. The van der Waals surface area contributed by atoms with Crippen LogP contribution in [-0.2, 0) is 9.53 Å². The number of ketones is 1. The first-order chi connectivity index (χ1) is 15.4. The molecule has 1 aromatic heterocycles. The fraction of sp³-hybridized carbons (Fsp3) is 0.208. The smallest absolute Gasteiger partial charge is 0.342 e. The van der Waals surface area contributed by atoms with Crippen LogP contribution in [-0.4, -0.2) is 40.0 Å². The van der Waals surface area contributed by atoms with Gasteiger partial charge in [0, 0.05) is 16.8 Å². The van der Waals surface area contributed by atoms with Gasteiger partial charge in [0.15, 0.2) is 11.6 Å². The zero-order chi connectivity index (χ0) is 23.1. The van der Waals surface area contributed by atoms with Crippen LogP contribution >= 0.6 is 11.8 Å². The van der Waals surface area contributed by atoms with E-state index in [2.05, 4.69) is 15.3 Å². The van der Waals surface area contributed by atoms with Crippen molar-refractivity contribution in [1.82, 2.24) is 9.97 Å². The Balaban J connectivity index is 1.81. The Kier molecular flexibility index (Phi) is 7.72. The second kappa shape index (κ2) is 10.7. The van der Waals surface area contributed by atoms with Gasteiger partial charge >= 0.3 is 5.97 Å². The summed E-state index contributed by atoms with van der Waals surface area (Å²) in [5.41, 5.74) is 2.70. The number of hydrogen-bond acceptors (Lipinski definition) is 7. The average molecular weight is 450 g/mol. The molecule has 1 amide bonds. The summed E-state index contributed by atoms with van der Waals surface area (Å²) < 4.78 is 5.17. The van der Waals surface area contributed by atoms with Crippen molar-refractivity contribution >= 4 is 35.1 Å². The molecule has 8 heteroatoms. The molecule has 0 aliphatic carbocycles. The third-order valence-electron chi connectivity index (χ3n) is 4.48. The van der Waals surface area contributed by atoms with Gasteiger partial charge in [-0.3, -0.25) is 9.59 Å². The normalized spacial score (nSPS) is 10.5. The molecule has 7 nitrogen and oxygen atoms in total. The van der Waals surface area contributed by atoms with Gasteiger partial charge in [-0.15, -0.1) is 0 Å². The maximum atomic E-state index is 12.5. The number of nitrogens with one attached hydrogen (secondary N) is 1. The number of carbonyl (C=O) groups excluding carboxylic acids is 3. The second-order valence-electron chi connectivity index (χ2n) is 6.87. The first kappa shape index (κ1) is 23.1. The van der Waals surface area contributed by atoms with E-state index in [4.69, 9.17) is 4.74 Å². The number of Topliss-reactive ketones (excluding diaryl/α,β-unsaturated/α-hetero) is 1. The van der Waals surface area contributed by atoms with E-state index in [-0.39, 0.29) is 29.6 Å². The van der Waals surface area contributed by atoms with E-state index in [1.807, 2.05) is 30.3 Å². The molecule has 0 saturated heterocycles. The Labute approximate surface area is 190 Å². The van der Waals surface area contributed by atoms with Gasteiger partial charge in [0.25, 0.3) is 0 Å². The molecule has 1 N–H and O–H groups in total. The molecular formula is C24H23N3O4S. The summed E-state index contributed by atoms with van der Waals surface area (Å²) in [6.07, 6.45) is 0. The highest BCUT2D eigenvalue weighted by Gasteiger charge is 2.21. The van der Waals surface area contributed by atoms with Gasteiger partial charge in [0.2, 0.25) is 5.91 Å². The number of aromatic nitrogens is 2. The number of carbonyl (C=O) groups is 3. The number of anilines is 1. The maximum absolute atomic E-state index is 12.5. The lowest BCUT2D eigenvalue weighted by atomic mass is 10.1. The molecule has 0 spiro atoms. The molecule has 3 aromatic rings. The molecule has 32 heavy (non-hydrogen) atoms. The molecule has 1 heterocycles. The van der Waals surface area contributed by atoms with Crippen molar-refractivity contribution in [2.75, 3.05) is 17.7 Å². The van der Waals surface area contributed by atoms with Crippen LogP contribution < -0.4 is 5.32 Å². The van der Waals surface area contributed by atoms with E-state index < -0.39 is 5.97 Å². The number of amides is 1. The molecule has 164 valence electrons. The Morgan fingerprint density at radius 1 is 1.00 bits per heavy atom. The van der Waals surface area contributed by atoms with E-state index in [0.29, 0.717) is 27.8 Å². The van der Waals surface area contributed by atoms with Crippen LogP contribution in [0.4, 0.5) is 5.69 Å². The Hall–Kier alpha value is -3.52. The third kappa shape index (κ3) is 5.79. The summed E-state index contributed by atoms with van der Waals surface area (Å²) in [5.74, 6) is -0.326. The van der Waals surface area contributed by atoms with Crippen molar-refractivity contribution in [1.29, 1.82) is 0 Å². The molecule has 0 saturated carbocycles. The summed E-state index contributed by atoms with van der Waals surface area (Å²) in [4.78, 5) is 45.4. The lowest BCUT2D eigenvalue weighted by Gasteiger charge is -2.12. The fourth-order valence-corrected chi connectivity index (χ4v) is 3.79. The first-order valence-corrected chi connectivity index (χ1v) is 11.0. The fourth-order valence-electron chi connectivity index (χ4n) is 2.92. The van der Waals surface area contributed by atoms with Crippen LogP contribution in [0.3, 0.4) is 0 Å². The van der Waals surface area contributed by atoms with E-state index in [1.54, 1.807) is 38.1 Å². The van der Waals surface area contributed by atoms with Crippen molar-refractivity contribution in [2.45, 2.75) is 25.8 Å². The molecule has 0 radical (unpaired) electrons. The third-order valence-corrected chi connectivity index (χ3v) is 5.46. The monoisotopic (exact) mass is 449 g/mol. The lowest BCUT2D eigenvalue weighted by Crippen LogP contribution is -2.16. The molecule has 0 atom stereocenters. The predicted octanol–water partition coefficient (Wildman–Crippen LogP) is 4.56. The standard InChI is InChI=1S/C24H23N3O4S/c1-4-31-24(30)21-15(2)25-22(18-8-6-5-7-9-18)27-23(21)32-14-20(29)26-19-12-10-17(11-13-19)16(3)28/h5-13H,4,14H2,1-3H3,(H,26,29). The van der Waals surface area contributed by atoms with Crippen LogP contribution in [0.1, 0.15) is 40.3 Å². The number of nitrogens with zero attached hydrogens (tertiary/aromatic N) is 2. The van der Waals surface area contributed by atoms with Crippen molar-refractivity contribution in [3.05, 3.63) is 71.4 Å². The van der Waals surface area contributed by atoms with Crippen LogP contribution in [0, 0.1) is 6.92 Å². The number of benzene rings is 2. The first-order valence-electron chi connectivity index (χ1n) is 10.0. The van der Waals surface area contributed by atoms with Crippen molar-refractivity contribution < 1.29 is 19.1 Å². The Morgan fingerprint density at radius 3 is 2.31 bits per heavy atom. The van der Waals surface area contributed by atoms with Gasteiger partial charge in [-0.25, -0.2) is 14.8 Å². The van der Waals surface area contributed by atoms with Gasteiger partial charge in [0.05, 0.1) is 18.1 Å². The van der Waals surface area contributed by atoms with E-state index >= 15 is 0 Å². The highest BCUT2D eigenvalue weighted by Crippen LogP contribution is 2.27. The molecule has 0 bridgehead atoms. The predicted molar refractivity (Wildman–Crippen MR) is 124 cm³/mol. The molecule has 2 aromatic carbocycles. The lowest BCUT2D eigenvalue weighted by molar-refractivity contribution is -0.113. The molecule has 0 aliphatic heterocycles. The van der Waals surface area contributed by atoms with Gasteiger partial charge in [-0.1, -0.05) is 42.1 Å². The number of rotatable bonds is 8. The minimum Gasteiger partial charge on any atom is -0.462 e. The quantitative estimate of drug-likeness (QED) is 0.233. The van der Waals surface area contributed by atoms with Crippen LogP contribution in [0.25, 0.3) is 11.4 Å². The van der Waals surface area contributed by atoms with Gasteiger partial charge in [-0.2, -0.15) is 0 Å². The van der Waals surface area contributed by atoms with E-state index in [1.165, 1.54) is 6.92 Å². The molecule has 0 aliphatic rings. The Bertz CT molecular complexity index is 1130. The number of aryl methyl sites for hydroxylation is 1. The summed E-state index contributed by atoms with van der Waals surface area (Å²) in [5, 5.41) is 3.17. The molecule has 0 unspecified atom stereocenters. The average Bonchev–Trinajstić information content (AvgIpc) is 2.78. The molecular weight excluding hydrogens is 426 g/mol. The zero-order valence-corrected chi connectivity index (χ0v) is 18.9. The highest BCUT2D eigenvalue weighted by atomic mass is 32.2. The van der Waals surface area contributed by atoms with Crippen LogP contribution in [0.2, 0.25) is 0 Å². The number of ether oxygens (including phenoxy) is 1. The summed E-state index contributed by atoms with van der Waals surface area (Å²) in [6.45, 7) is 5.16. The second-order valence-corrected chi connectivity index (χ2v) is 7.83. The van der Waals surface area contributed by atoms with Crippen molar-refractivity contribution in [3.63, 3.8) is 0 Å². The summed E-state index contributed by atoms with van der Waals surface area (Å²) >= 11 is 1.14. The van der Waals surface area contributed by atoms with Gasteiger partial charge in [-0.05, 0) is 45.0 Å². The van der Waals surface area contributed by atoms with Crippen LogP contribution in [0.15, 0.2) is 59.6 Å². The number of esters is 1. The molecule has 0 fully saturated rings. The number of thioether (sulfide) groups is 1. The van der Waals surface area contributed by atoms with Crippen LogP contribution in [0.5, 0.6) is 0 Å². The van der Waals surface area contributed by atoms with Crippen molar-refractivity contribution in [3.8, 4) is 11.4 Å². The highest BCUT2D eigenvalue weighted by molar-refractivity contribution is 8.00. The number of hydrogen-bond donors (Lipinski definition) is 1. The minimum absolute atomic E-state index is 0.0333. The van der Waals surface area contributed by atoms with Gasteiger partial charge in [0.1, 0.15) is 10.6 Å². The summed E-state index contributed by atoms with van der Waals surface area (Å²) in [7, 11) is 0. The largest absolute Gasteiger partial charge is 0.462 e. The van der Waals surface area contributed by atoms with E-state index in [9.17, 15) is 14.4 Å². The topological polar surface area (TPSA) is 98.2 Å². The maximum Gasteiger partial charge on any atom is 0.342 e. The minimum atomic E-state index is -0.521.